The maximum atomic E-state index is 3.46. The van der Waals surface area contributed by atoms with Crippen LogP contribution in [-0.4, -0.2) is 6.54 Å². The van der Waals surface area contributed by atoms with Crippen molar-refractivity contribution in [2.75, 3.05) is 11.9 Å². The predicted molar refractivity (Wildman–Crippen MR) is 61.8 cm³/mol. The van der Waals surface area contributed by atoms with Crippen LogP contribution in [-0.2, 0) is 12.8 Å². The molecule has 14 heavy (non-hydrogen) atoms. The molecule has 1 aliphatic rings. The number of benzene rings is 1. The van der Waals surface area contributed by atoms with Crippen molar-refractivity contribution < 1.29 is 0 Å². The van der Waals surface area contributed by atoms with E-state index in [-0.39, 0.29) is 0 Å². The number of para-hydroxylation sites is 1. The zero-order valence-corrected chi connectivity index (χ0v) is 8.93. The summed E-state index contributed by atoms with van der Waals surface area (Å²) < 4.78 is 0. The molecule has 0 aromatic heterocycles. The molecular formula is C13H17N. The maximum Gasteiger partial charge on any atom is 0.0409 e. The van der Waals surface area contributed by atoms with Gasteiger partial charge in [-0.2, -0.15) is 0 Å². The van der Waals surface area contributed by atoms with Crippen molar-refractivity contribution in [2.24, 2.45) is 0 Å². The molecular weight excluding hydrogens is 170 g/mol. The molecule has 2 rings (SSSR count). The van der Waals surface area contributed by atoms with Crippen molar-refractivity contribution in [3.63, 3.8) is 0 Å². The lowest BCUT2D eigenvalue weighted by molar-refractivity contribution is 1.11. The van der Waals surface area contributed by atoms with Crippen LogP contribution in [0.15, 0.2) is 29.8 Å². The summed E-state index contributed by atoms with van der Waals surface area (Å²) in [6.07, 6.45) is 4.52. The topological polar surface area (TPSA) is 12.0 Å². The van der Waals surface area contributed by atoms with Crippen LogP contribution < -0.4 is 5.32 Å². The molecule has 1 aliphatic heterocycles. The van der Waals surface area contributed by atoms with Gasteiger partial charge < -0.3 is 5.32 Å². The van der Waals surface area contributed by atoms with E-state index in [0.29, 0.717) is 0 Å². The molecule has 0 unspecified atom stereocenters. The highest BCUT2D eigenvalue weighted by molar-refractivity contribution is 5.61. The van der Waals surface area contributed by atoms with Crippen molar-refractivity contribution in [1.29, 1.82) is 0 Å². The third-order valence-corrected chi connectivity index (χ3v) is 2.66. The van der Waals surface area contributed by atoms with E-state index in [9.17, 15) is 0 Å². The highest BCUT2D eigenvalue weighted by atomic mass is 14.9. The molecule has 1 nitrogen and oxygen atoms in total. The van der Waals surface area contributed by atoms with Crippen LogP contribution >= 0.6 is 0 Å². The molecule has 1 heterocycles. The Bertz CT molecular complexity index is 359. The Hall–Kier alpha value is -1.24. The predicted octanol–water partition coefficient (Wildman–Crippen LogP) is 3.16. The molecule has 0 amide bonds. The second-order valence-corrected chi connectivity index (χ2v) is 4.11. The zero-order valence-electron chi connectivity index (χ0n) is 8.93. The van der Waals surface area contributed by atoms with Crippen LogP contribution in [0.5, 0.6) is 0 Å². The minimum absolute atomic E-state index is 1.05. The van der Waals surface area contributed by atoms with E-state index in [1.54, 1.807) is 0 Å². The van der Waals surface area contributed by atoms with E-state index in [4.69, 9.17) is 0 Å². The van der Waals surface area contributed by atoms with Crippen molar-refractivity contribution in [2.45, 2.75) is 26.7 Å². The second kappa shape index (κ2) is 3.87. The molecule has 0 aliphatic carbocycles. The number of allylic oxidation sites excluding steroid dienone is 2. The SMILES string of the molecule is CC(C)=CCc1cccc2c1NCC2. The van der Waals surface area contributed by atoms with Gasteiger partial charge in [0.05, 0.1) is 0 Å². The lowest BCUT2D eigenvalue weighted by Crippen LogP contribution is -1.95. The standard InChI is InChI=1S/C13H17N/c1-10(2)6-7-11-4-3-5-12-8-9-14-13(11)12/h3-6,14H,7-9H2,1-2H3. The Morgan fingerprint density at radius 1 is 1.43 bits per heavy atom. The molecule has 1 aromatic rings. The molecule has 0 spiro atoms. The fraction of sp³-hybridized carbons (Fsp3) is 0.385. The summed E-state index contributed by atoms with van der Waals surface area (Å²) in [5.41, 5.74) is 5.68. The first-order valence-corrected chi connectivity index (χ1v) is 5.25. The molecule has 74 valence electrons. The van der Waals surface area contributed by atoms with E-state index >= 15 is 0 Å². The molecule has 0 atom stereocenters. The molecule has 0 fully saturated rings. The van der Waals surface area contributed by atoms with E-state index in [2.05, 4.69) is 43.4 Å². The van der Waals surface area contributed by atoms with Gasteiger partial charge in [-0.1, -0.05) is 29.8 Å². The van der Waals surface area contributed by atoms with E-state index in [1.165, 1.54) is 28.8 Å². The van der Waals surface area contributed by atoms with Crippen LogP contribution in [0.2, 0.25) is 0 Å². The number of anilines is 1. The summed E-state index contributed by atoms with van der Waals surface area (Å²) in [4.78, 5) is 0. The van der Waals surface area contributed by atoms with Gasteiger partial charge >= 0.3 is 0 Å². The van der Waals surface area contributed by atoms with Gasteiger partial charge in [-0.3, -0.25) is 0 Å². The lowest BCUT2D eigenvalue weighted by Gasteiger charge is -2.06. The average Bonchev–Trinajstić information content (AvgIpc) is 2.62. The molecule has 1 aromatic carbocycles. The molecule has 0 saturated carbocycles. The van der Waals surface area contributed by atoms with Crippen molar-refractivity contribution in [3.8, 4) is 0 Å². The Labute approximate surface area is 85.8 Å². The molecule has 0 bridgehead atoms. The first-order valence-electron chi connectivity index (χ1n) is 5.25. The van der Waals surface area contributed by atoms with Gasteiger partial charge in [0.15, 0.2) is 0 Å². The van der Waals surface area contributed by atoms with Gasteiger partial charge in [0.2, 0.25) is 0 Å². The number of rotatable bonds is 2. The Balaban J connectivity index is 2.26. The van der Waals surface area contributed by atoms with Gasteiger partial charge in [-0.05, 0) is 37.8 Å². The Morgan fingerprint density at radius 2 is 2.29 bits per heavy atom. The molecule has 1 N–H and O–H groups in total. The van der Waals surface area contributed by atoms with E-state index in [1.807, 2.05) is 0 Å². The quantitative estimate of drug-likeness (QED) is 0.701. The summed E-state index contributed by atoms with van der Waals surface area (Å²) in [5.74, 6) is 0. The zero-order chi connectivity index (χ0) is 9.97. The summed E-state index contributed by atoms with van der Waals surface area (Å²) in [6.45, 7) is 5.40. The van der Waals surface area contributed by atoms with Gasteiger partial charge in [0.25, 0.3) is 0 Å². The number of hydrogen-bond donors (Lipinski definition) is 1. The summed E-state index contributed by atoms with van der Waals surface area (Å²) in [6, 6.07) is 6.61. The summed E-state index contributed by atoms with van der Waals surface area (Å²) in [7, 11) is 0. The minimum atomic E-state index is 1.05. The van der Waals surface area contributed by atoms with Crippen LogP contribution in [0.3, 0.4) is 0 Å². The van der Waals surface area contributed by atoms with Crippen LogP contribution in [0.4, 0.5) is 5.69 Å². The molecule has 0 saturated heterocycles. The largest absolute Gasteiger partial charge is 0.384 e. The van der Waals surface area contributed by atoms with E-state index in [0.717, 1.165) is 13.0 Å². The van der Waals surface area contributed by atoms with Crippen molar-refractivity contribution in [1.82, 2.24) is 0 Å². The number of hydrogen-bond acceptors (Lipinski definition) is 1. The Kier molecular flexibility index (Phi) is 2.58. The number of fused-ring (bicyclic) bond motifs is 1. The molecule has 1 heteroatoms. The van der Waals surface area contributed by atoms with E-state index < -0.39 is 0 Å². The maximum absolute atomic E-state index is 3.46. The van der Waals surface area contributed by atoms with Crippen molar-refractivity contribution in [3.05, 3.63) is 41.0 Å². The van der Waals surface area contributed by atoms with Gasteiger partial charge in [-0.15, -0.1) is 0 Å². The fourth-order valence-corrected chi connectivity index (χ4v) is 1.90. The first kappa shape index (κ1) is 9.32. The Morgan fingerprint density at radius 3 is 3.07 bits per heavy atom. The minimum Gasteiger partial charge on any atom is -0.384 e. The third-order valence-electron chi connectivity index (χ3n) is 2.66. The van der Waals surface area contributed by atoms with Crippen molar-refractivity contribution >= 4 is 5.69 Å². The number of nitrogens with one attached hydrogen (secondary N) is 1. The molecule has 0 radical (unpaired) electrons. The average molecular weight is 187 g/mol. The highest BCUT2D eigenvalue weighted by Gasteiger charge is 2.12. The van der Waals surface area contributed by atoms with Gasteiger partial charge in [-0.25, -0.2) is 0 Å². The highest BCUT2D eigenvalue weighted by Crippen LogP contribution is 2.26. The summed E-state index contributed by atoms with van der Waals surface area (Å²) in [5, 5.41) is 3.46. The lowest BCUT2D eigenvalue weighted by atomic mass is 10.0. The van der Waals surface area contributed by atoms with Gasteiger partial charge in [0, 0.05) is 12.2 Å². The second-order valence-electron chi connectivity index (χ2n) is 4.11. The normalized spacial score (nSPS) is 13.3. The smallest absolute Gasteiger partial charge is 0.0409 e. The van der Waals surface area contributed by atoms with Crippen LogP contribution in [0, 0.1) is 0 Å². The summed E-state index contributed by atoms with van der Waals surface area (Å²) >= 11 is 0. The fourth-order valence-electron chi connectivity index (χ4n) is 1.90. The first-order chi connectivity index (χ1) is 6.77. The van der Waals surface area contributed by atoms with Crippen LogP contribution in [0.1, 0.15) is 25.0 Å². The van der Waals surface area contributed by atoms with Gasteiger partial charge in [0.1, 0.15) is 0 Å². The third kappa shape index (κ3) is 1.82. The monoisotopic (exact) mass is 187 g/mol. The van der Waals surface area contributed by atoms with Crippen LogP contribution in [0.25, 0.3) is 0 Å².